The minimum Gasteiger partial charge on any atom is -0.480 e. The zero-order valence-corrected chi connectivity index (χ0v) is 22.4. The van der Waals surface area contributed by atoms with Gasteiger partial charge in [-0.2, -0.15) is 5.10 Å². The molecule has 2 aliphatic heterocycles. The number of carboxylic acid groups (broad SMARTS) is 1. The first-order valence-electron chi connectivity index (χ1n) is 13.9. The van der Waals surface area contributed by atoms with Crippen molar-refractivity contribution in [3.05, 3.63) is 53.3 Å². The summed E-state index contributed by atoms with van der Waals surface area (Å²) in [5, 5.41) is 20.8. The molecule has 3 atom stereocenters. The van der Waals surface area contributed by atoms with E-state index in [1.165, 1.54) is 5.56 Å². The summed E-state index contributed by atoms with van der Waals surface area (Å²) in [6, 6.07) is 8.28. The van der Waals surface area contributed by atoms with Crippen molar-refractivity contribution in [2.24, 2.45) is 13.0 Å². The number of piperidine rings is 1. The summed E-state index contributed by atoms with van der Waals surface area (Å²) >= 11 is 0. The number of amides is 1. The van der Waals surface area contributed by atoms with E-state index >= 15 is 4.39 Å². The first kappa shape index (κ1) is 27.1. The van der Waals surface area contributed by atoms with E-state index in [9.17, 15) is 14.7 Å². The van der Waals surface area contributed by atoms with Gasteiger partial charge in [0.1, 0.15) is 18.0 Å². The number of nitrogens with zero attached hydrogens (tertiary/aromatic N) is 4. The predicted octanol–water partition coefficient (Wildman–Crippen LogP) is 3.58. The van der Waals surface area contributed by atoms with Gasteiger partial charge in [-0.25, -0.2) is 14.2 Å². The summed E-state index contributed by atoms with van der Waals surface area (Å²) in [4.78, 5) is 31.6. The first-order valence-corrected chi connectivity index (χ1v) is 13.9. The fraction of sp³-hybridized carbons (Fsp3) is 0.517. The lowest BCUT2D eigenvalue weighted by Gasteiger charge is -2.34. The molecule has 1 amide bonds. The quantitative estimate of drug-likeness (QED) is 0.363. The number of hydrogen-bond acceptors (Lipinski definition) is 6. The number of anilines is 1. The van der Waals surface area contributed by atoms with Crippen molar-refractivity contribution in [3.8, 4) is 0 Å². The summed E-state index contributed by atoms with van der Waals surface area (Å²) in [6.45, 7) is 2.82. The second kappa shape index (κ2) is 12.1. The van der Waals surface area contributed by atoms with Gasteiger partial charge in [-0.15, -0.1) is 0 Å². The predicted molar refractivity (Wildman–Crippen MR) is 148 cm³/mol. The lowest BCUT2D eigenvalue weighted by Crippen LogP contribution is -2.45. The molecular weight excluding hydrogens is 499 g/mol. The first-order chi connectivity index (χ1) is 18.9. The van der Waals surface area contributed by atoms with E-state index in [-0.39, 0.29) is 12.3 Å². The van der Waals surface area contributed by atoms with Crippen molar-refractivity contribution >= 4 is 28.6 Å². The molecule has 2 aliphatic rings. The molecule has 208 valence electrons. The van der Waals surface area contributed by atoms with Crippen molar-refractivity contribution in [1.82, 2.24) is 25.0 Å². The van der Waals surface area contributed by atoms with Crippen LogP contribution in [0.15, 0.2) is 36.5 Å². The summed E-state index contributed by atoms with van der Waals surface area (Å²) in [6.07, 6.45) is 5.91. The van der Waals surface area contributed by atoms with Crippen LogP contribution < -0.4 is 10.6 Å². The van der Waals surface area contributed by atoms with Crippen LogP contribution in [0.3, 0.4) is 0 Å². The van der Waals surface area contributed by atoms with Crippen LogP contribution in [0.25, 0.3) is 10.9 Å². The zero-order valence-electron chi connectivity index (χ0n) is 22.4. The summed E-state index contributed by atoms with van der Waals surface area (Å²) < 4.78 is 16.9. The molecule has 1 aromatic carbocycles. The number of alkyl halides is 1. The second-order valence-corrected chi connectivity index (χ2v) is 10.8. The van der Waals surface area contributed by atoms with Crippen LogP contribution in [0.1, 0.15) is 53.7 Å². The maximum Gasteiger partial charge on any atom is 0.326 e. The molecule has 0 spiro atoms. The molecule has 2 unspecified atom stereocenters. The smallest absolute Gasteiger partial charge is 0.326 e. The third-order valence-electron chi connectivity index (χ3n) is 8.03. The van der Waals surface area contributed by atoms with E-state index < -0.39 is 24.1 Å². The Balaban J connectivity index is 1.11. The Hall–Kier alpha value is -3.53. The van der Waals surface area contributed by atoms with Gasteiger partial charge in [0.15, 0.2) is 0 Å². The number of likely N-dealkylation sites (tertiary alicyclic amines) is 1. The number of carboxylic acids is 1. The number of benzene rings is 1. The van der Waals surface area contributed by atoms with Gasteiger partial charge >= 0.3 is 5.97 Å². The Labute approximate surface area is 227 Å². The van der Waals surface area contributed by atoms with Crippen molar-refractivity contribution in [1.29, 1.82) is 0 Å². The minimum absolute atomic E-state index is 0.0852. The lowest BCUT2D eigenvalue weighted by molar-refractivity contribution is -0.139. The molecule has 0 radical (unpaired) electrons. The molecular formula is C29H37FN6O3. The van der Waals surface area contributed by atoms with Crippen LogP contribution in [-0.4, -0.2) is 75.0 Å². The van der Waals surface area contributed by atoms with Gasteiger partial charge in [0.25, 0.3) is 5.91 Å². The summed E-state index contributed by atoms with van der Waals surface area (Å²) in [7, 11) is 1.79. The molecule has 1 saturated heterocycles. The molecule has 1 fully saturated rings. The SMILES string of the molecule is Cn1ncc2ccc(C(=O)N[C@@H](CCN3CCCC(C(F)CCc4ccc5c(n4)NCCC5)C3)C(=O)O)cc21. The monoisotopic (exact) mass is 536 g/mol. The Kier molecular flexibility index (Phi) is 8.40. The standard InChI is InChI=1S/C29H37FN6O3/c1-35-26-16-20(6-7-21(26)17-32-35)28(37)34-25(29(38)39)12-15-36-14-3-5-22(18-36)24(30)11-10-23-9-8-19-4-2-13-31-27(19)33-23/h6-9,16-17,22,24-25H,2-5,10-15,18H2,1H3,(H,31,33)(H,34,37)(H,38,39)/t22?,24?,25-/m0/s1. The molecule has 10 heteroatoms. The van der Waals surface area contributed by atoms with Gasteiger partial charge < -0.3 is 20.6 Å². The molecule has 0 saturated carbocycles. The van der Waals surface area contributed by atoms with Crippen molar-refractivity contribution in [2.75, 3.05) is 31.5 Å². The summed E-state index contributed by atoms with van der Waals surface area (Å²) in [5.41, 5.74) is 3.34. The van der Waals surface area contributed by atoms with Gasteiger partial charge in [-0.1, -0.05) is 12.1 Å². The van der Waals surface area contributed by atoms with Gasteiger partial charge in [0, 0.05) is 49.2 Å². The third-order valence-corrected chi connectivity index (χ3v) is 8.03. The molecule has 4 heterocycles. The van der Waals surface area contributed by atoms with Crippen LogP contribution in [0.4, 0.5) is 10.2 Å². The van der Waals surface area contributed by atoms with Crippen molar-refractivity contribution in [3.63, 3.8) is 0 Å². The highest BCUT2D eigenvalue weighted by molar-refractivity contribution is 5.99. The van der Waals surface area contributed by atoms with Crippen LogP contribution in [0.5, 0.6) is 0 Å². The van der Waals surface area contributed by atoms with E-state index in [1.807, 2.05) is 6.07 Å². The summed E-state index contributed by atoms with van der Waals surface area (Å²) in [5.74, 6) is -0.653. The van der Waals surface area contributed by atoms with Gasteiger partial charge in [0.05, 0.1) is 11.7 Å². The van der Waals surface area contributed by atoms with Crippen LogP contribution in [-0.2, 0) is 24.7 Å². The van der Waals surface area contributed by atoms with Crippen LogP contribution in [0.2, 0.25) is 0 Å². The Bertz CT molecular complexity index is 1330. The number of fused-ring (bicyclic) bond motifs is 2. The molecule has 3 N–H and O–H groups in total. The van der Waals surface area contributed by atoms with Crippen LogP contribution in [0, 0.1) is 5.92 Å². The Morgan fingerprint density at radius 2 is 2.10 bits per heavy atom. The number of carbonyl (C=O) groups is 2. The number of halogens is 1. The van der Waals surface area contributed by atoms with E-state index in [4.69, 9.17) is 0 Å². The van der Waals surface area contributed by atoms with E-state index in [0.717, 1.165) is 61.2 Å². The van der Waals surface area contributed by atoms with E-state index in [2.05, 4.69) is 31.7 Å². The van der Waals surface area contributed by atoms with E-state index in [1.54, 1.807) is 36.1 Å². The third kappa shape index (κ3) is 6.55. The highest BCUT2D eigenvalue weighted by Crippen LogP contribution is 2.26. The molecule has 0 bridgehead atoms. The van der Waals surface area contributed by atoms with E-state index in [0.29, 0.717) is 31.5 Å². The normalized spacial score (nSPS) is 19.2. The molecule has 2 aromatic heterocycles. The number of carbonyl (C=O) groups excluding carboxylic acids is 1. The molecule has 3 aromatic rings. The molecule has 5 rings (SSSR count). The Morgan fingerprint density at radius 1 is 1.23 bits per heavy atom. The Morgan fingerprint density at radius 3 is 2.95 bits per heavy atom. The highest BCUT2D eigenvalue weighted by Gasteiger charge is 2.29. The minimum atomic E-state index is -1.08. The van der Waals surface area contributed by atoms with Gasteiger partial charge in [-0.05, 0) is 75.3 Å². The van der Waals surface area contributed by atoms with Crippen molar-refractivity contribution in [2.45, 2.75) is 57.2 Å². The number of aryl methyl sites for hydroxylation is 3. The number of pyridine rings is 1. The fourth-order valence-electron chi connectivity index (χ4n) is 5.72. The molecule has 9 nitrogen and oxygen atoms in total. The molecule has 39 heavy (non-hydrogen) atoms. The maximum atomic E-state index is 15.3. The second-order valence-electron chi connectivity index (χ2n) is 10.8. The van der Waals surface area contributed by atoms with Gasteiger partial charge in [-0.3, -0.25) is 9.48 Å². The largest absolute Gasteiger partial charge is 0.480 e. The van der Waals surface area contributed by atoms with Crippen LogP contribution >= 0.6 is 0 Å². The number of aromatic nitrogens is 3. The maximum absolute atomic E-state index is 15.3. The topological polar surface area (TPSA) is 112 Å². The average Bonchev–Trinajstić information content (AvgIpc) is 3.33. The molecule has 0 aliphatic carbocycles. The van der Waals surface area contributed by atoms with Gasteiger partial charge in [0.2, 0.25) is 0 Å². The number of aliphatic carboxylic acids is 1. The number of rotatable bonds is 10. The van der Waals surface area contributed by atoms with Crippen molar-refractivity contribution < 1.29 is 19.1 Å². The zero-order chi connectivity index (χ0) is 27.4. The number of hydrogen-bond donors (Lipinski definition) is 3. The average molecular weight is 537 g/mol. The fourth-order valence-corrected chi connectivity index (χ4v) is 5.72. The number of nitrogens with one attached hydrogen (secondary N) is 2. The highest BCUT2D eigenvalue weighted by atomic mass is 19.1. The lowest BCUT2D eigenvalue weighted by atomic mass is 9.90.